The summed E-state index contributed by atoms with van der Waals surface area (Å²) in [5, 5.41) is 1.31. The minimum absolute atomic E-state index is 0.187. The van der Waals surface area contributed by atoms with Gasteiger partial charge in [-0.3, -0.25) is 9.69 Å². The number of carbonyl (C=O) groups excluding carboxylic acids is 1. The van der Waals surface area contributed by atoms with Crippen LogP contribution >= 0.6 is 0 Å². The molecule has 1 amide bonds. The van der Waals surface area contributed by atoms with Gasteiger partial charge in [-0.2, -0.15) is 0 Å². The molecular formula is C16H21N3O. The molecule has 1 N–H and O–H groups in total. The zero-order chi connectivity index (χ0) is 14.1. The van der Waals surface area contributed by atoms with Crippen LogP contribution in [0.1, 0.15) is 18.1 Å². The van der Waals surface area contributed by atoms with Crippen LogP contribution in [0.25, 0.3) is 10.9 Å². The minimum atomic E-state index is 0.187. The lowest BCUT2D eigenvalue weighted by Gasteiger charge is -2.34. The fourth-order valence-corrected chi connectivity index (χ4v) is 2.89. The van der Waals surface area contributed by atoms with E-state index in [-0.39, 0.29) is 5.91 Å². The van der Waals surface area contributed by atoms with Crippen molar-refractivity contribution in [3.63, 3.8) is 0 Å². The van der Waals surface area contributed by atoms with E-state index in [9.17, 15) is 4.79 Å². The van der Waals surface area contributed by atoms with Crippen molar-refractivity contribution in [2.24, 2.45) is 0 Å². The van der Waals surface area contributed by atoms with Gasteiger partial charge in [-0.05, 0) is 24.1 Å². The van der Waals surface area contributed by atoms with Gasteiger partial charge in [0.15, 0.2) is 0 Å². The molecule has 0 bridgehead atoms. The molecule has 106 valence electrons. The van der Waals surface area contributed by atoms with E-state index in [1.54, 1.807) is 6.92 Å². The monoisotopic (exact) mass is 271 g/mol. The summed E-state index contributed by atoms with van der Waals surface area (Å²) in [6, 6.07) is 6.54. The Bertz CT molecular complexity index is 624. The molecule has 0 unspecified atom stereocenters. The molecule has 0 radical (unpaired) electrons. The normalized spacial score (nSPS) is 16.8. The van der Waals surface area contributed by atoms with Crippen molar-refractivity contribution in [1.29, 1.82) is 0 Å². The number of aryl methyl sites for hydroxylation is 1. The lowest BCUT2D eigenvalue weighted by molar-refractivity contribution is -0.130. The van der Waals surface area contributed by atoms with Crippen LogP contribution in [0.4, 0.5) is 0 Å². The SMILES string of the molecule is CC(=O)N1CCN(Cc2c[nH]c3cc(C)ccc23)CC1. The number of hydrogen-bond acceptors (Lipinski definition) is 2. The van der Waals surface area contributed by atoms with E-state index < -0.39 is 0 Å². The van der Waals surface area contributed by atoms with Gasteiger partial charge in [0.05, 0.1) is 0 Å². The van der Waals surface area contributed by atoms with E-state index in [1.165, 1.54) is 22.0 Å². The van der Waals surface area contributed by atoms with E-state index >= 15 is 0 Å². The van der Waals surface area contributed by atoms with Crippen molar-refractivity contribution in [2.45, 2.75) is 20.4 Å². The second-order valence-corrected chi connectivity index (χ2v) is 5.65. The average Bonchev–Trinajstić information content (AvgIpc) is 2.81. The number of benzene rings is 1. The number of amides is 1. The number of piperazine rings is 1. The average molecular weight is 271 g/mol. The summed E-state index contributed by atoms with van der Waals surface area (Å²) in [4.78, 5) is 19.0. The smallest absolute Gasteiger partial charge is 0.219 e. The van der Waals surface area contributed by atoms with Crippen molar-refractivity contribution >= 4 is 16.8 Å². The number of nitrogens with zero attached hydrogens (tertiary/aromatic N) is 2. The first-order valence-corrected chi connectivity index (χ1v) is 7.18. The van der Waals surface area contributed by atoms with Gasteiger partial charge in [0.25, 0.3) is 0 Å². The molecule has 0 saturated carbocycles. The fourth-order valence-electron chi connectivity index (χ4n) is 2.89. The third-order valence-electron chi connectivity index (χ3n) is 4.13. The van der Waals surface area contributed by atoms with Crippen LogP contribution in [0.2, 0.25) is 0 Å². The molecular weight excluding hydrogens is 250 g/mol. The first kappa shape index (κ1) is 13.2. The fraction of sp³-hybridized carbons (Fsp3) is 0.438. The Morgan fingerprint density at radius 3 is 2.70 bits per heavy atom. The van der Waals surface area contributed by atoms with Crippen LogP contribution in [0, 0.1) is 6.92 Å². The van der Waals surface area contributed by atoms with Gasteiger partial charge in [0.1, 0.15) is 0 Å². The summed E-state index contributed by atoms with van der Waals surface area (Å²) in [6.45, 7) is 8.32. The van der Waals surface area contributed by atoms with Crippen molar-refractivity contribution in [3.8, 4) is 0 Å². The van der Waals surface area contributed by atoms with Crippen LogP contribution in [0.5, 0.6) is 0 Å². The van der Waals surface area contributed by atoms with Crippen LogP contribution in [0.3, 0.4) is 0 Å². The molecule has 20 heavy (non-hydrogen) atoms. The second kappa shape index (κ2) is 5.29. The van der Waals surface area contributed by atoms with Crippen LogP contribution in [0.15, 0.2) is 24.4 Å². The van der Waals surface area contributed by atoms with E-state index in [0.29, 0.717) is 0 Å². The van der Waals surface area contributed by atoms with Crippen LogP contribution in [-0.2, 0) is 11.3 Å². The largest absolute Gasteiger partial charge is 0.361 e. The highest BCUT2D eigenvalue weighted by Gasteiger charge is 2.19. The minimum Gasteiger partial charge on any atom is -0.361 e. The number of carbonyl (C=O) groups is 1. The highest BCUT2D eigenvalue weighted by molar-refractivity contribution is 5.83. The Balaban J connectivity index is 1.70. The van der Waals surface area contributed by atoms with Crippen molar-refractivity contribution in [2.75, 3.05) is 26.2 Å². The van der Waals surface area contributed by atoms with Crippen molar-refractivity contribution < 1.29 is 4.79 Å². The molecule has 0 aliphatic carbocycles. The second-order valence-electron chi connectivity index (χ2n) is 5.65. The molecule has 1 fully saturated rings. The topological polar surface area (TPSA) is 39.3 Å². The summed E-state index contributed by atoms with van der Waals surface area (Å²) in [5.74, 6) is 0.187. The maximum absolute atomic E-state index is 11.3. The lowest BCUT2D eigenvalue weighted by Crippen LogP contribution is -2.47. The summed E-state index contributed by atoms with van der Waals surface area (Å²) >= 11 is 0. The Labute approximate surface area is 119 Å². The van der Waals surface area contributed by atoms with Crippen LogP contribution in [-0.4, -0.2) is 46.9 Å². The van der Waals surface area contributed by atoms with Crippen LogP contribution < -0.4 is 0 Å². The summed E-state index contributed by atoms with van der Waals surface area (Å²) in [5.41, 5.74) is 3.83. The van der Waals surface area contributed by atoms with Gasteiger partial charge in [0, 0.05) is 56.7 Å². The van der Waals surface area contributed by atoms with Gasteiger partial charge < -0.3 is 9.88 Å². The third kappa shape index (κ3) is 2.56. The first-order chi connectivity index (χ1) is 9.63. The molecule has 1 aliphatic heterocycles. The Kier molecular flexibility index (Phi) is 3.49. The quantitative estimate of drug-likeness (QED) is 0.909. The predicted octanol–water partition coefficient (Wildman–Crippen LogP) is 2.14. The van der Waals surface area contributed by atoms with Gasteiger partial charge in [0.2, 0.25) is 5.91 Å². The van der Waals surface area contributed by atoms with E-state index in [2.05, 4.69) is 41.2 Å². The van der Waals surface area contributed by atoms with E-state index in [4.69, 9.17) is 0 Å². The molecule has 1 aromatic heterocycles. The molecule has 1 aromatic carbocycles. The predicted molar refractivity (Wildman–Crippen MR) is 80.6 cm³/mol. The highest BCUT2D eigenvalue weighted by Crippen LogP contribution is 2.21. The summed E-state index contributed by atoms with van der Waals surface area (Å²) in [6.07, 6.45) is 2.11. The van der Waals surface area contributed by atoms with Gasteiger partial charge >= 0.3 is 0 Å². The van der Waals surface area contributed by atoms with Gasteiger partial charge in [-0.25, -0.2) is 0 Å². The van der Waals surface area contributed by atoms with Crippen molar-refractivity contribution in [3.05, 3.63) is 35.5 Å². The molecule has 4 nitrogen and oxygen atoms in total. The van der Waals surface area contributed by atoms with E-state index in [1.807, 2.05) is 4.90 Å². The maximum Gasteiger partial charge on any atom is 0.219 e. The number of fused-ring (bicyclic) bond motifs is 1. The molecule has 3 rings (SSSR count). The van der Waals surface area contributed by atoms with Gasteiger partial charge in [-0.1, -0.05) is 12.1 Å². The number of rotatable bonds is 2. The molecule has 2 aromatic rings. The summed E-state index contributed by atoms with van der Waals surface area (Å²) in [7, 11) is 0. The standard InChI is InChI=1S/C16H21N3O/c1-12-3-4-15-14(10-17-16(15)9-12)11-18-5-7-19(8-6-18)13(2)20/h3-4,9-10,17H,5-8,11H2,1-2H3. The molecule has 4 heteroatoms. The third-order valence-corrected chi connectivity index (χ3v) is 4.13. The van der Waals surface area contributed by atoms with Gasteiger partial charge in [-0.15, -0.1) is 0 Å². The number of aromatic nitrogens is 1. The number of H-pyrrole nitrogens is 1. The molecule has 0 atom stereocenters. The highest BCUT2D eigenvalue weighted by atomic mass is 16.2. The number of hydrogen-bond donors (Lipinski definition) is 1. The zero-order valence-electron chi connectivity index (χ0n) is 12.1. The lowest BCUT2D eigenvalue weighted by atomic mass is 10.1. The summed E-state index contributed by atoms with van der Waals surface area (Å²) < 4.78 is 0. The molecule has 1 saturated heterocycles. The molecule has 2 heterocycles. The zero-order valence-corrected chi connectivity index (χ0v) is 12.1. The maximum atomic E-state index is 11.3. The number of nitrogens with one attached hydrogen (secondary N) is 1. The van der Waals surface area contributed by atoms with E-state index in [0.717, 1.165) is 32.7 Å². The Hall–Kier alpha value is -1.81. The Morgan fingerprint density at radius 2 is 2.00 bits per heavy atom. The first-order valence-electron chi connectivity index (χ1n) is 7.18. The number of aromatic amines is 1. The molecule has 0 spiro atoms. The molecule has 1 aliphatic rings. The van der Waals surface area contributed by atoms with Crippen molar-refractivity contribution in [1.82, 2.24) is 14.8 Å². The Morgan fingerprint density at radius 1 is 1.25 bits per heavy atom.